The number of nitrogens with zero attached hydrogens (tertiary/aromatic N) is 3. The van der Waals surface area contributed by atoms with Gasteiger partial charge >= 0.3 is 12.4 Å². The van der Waals surface area contributed by atoms with Crippen LogP contribution >= 0.6 is 11.8 Å². The zero-order valence-electron chi connectivity index (χ0n) is 19.8. The van der Waals surface area contributed by atoms with Crippen LogP contribution in [0, 0.1) is 0 Å². The fourth-order valence-corrected chi connectivity index (χ4v) is 5.54. The van der Waals surface area contributed by atoms with Gasteiger partial charge in [0.2, 0.25) is 0 Å². The molecular weight excluding hydrogens is 553 g/mol. The number of hydrogen-bond acceptors (Lipinski definition) is 5. The molecule has 1 N–H and O–H groups in total. The van der Waals surface area contributed by atoms with Gasteiger partial charge in [-0.3, -0.25) is 19.2 Å². The van der Waals surface area contributed by atoms with E-state index in [2.05, 4.69) is 10.4 Å². The Bertz CT molecular complexity index is 1480. The van der Waals surface area contributed by atoms with Crippen LogP contribution < -0.4 is 5.32 Å². The smallest absolute Gasteiger partial charge is 0.314 e. The summed E-state index contributed by atoms with van der Waals surface area (Å²) in [6.07, 6.45) is -8.18. The topological polar surface area (TPSA) is 67.2 Å². The fourth-order valence-electron chi connectivity index (χ4n) is 4.65. The highest BCUT2D eigenvalue weighted by atomic mass is 32.2. The Hall–Kier alpha value is -3.39. The molecule has 0 spiro atoms. The second-order valence-corrected chi connectivity index (χ2v) is 10.1. The van der Waals surface area contributed by atoms with Gasteiger partial charge in [0.05, 0.1) is 40.3 Å². The first-order valence-electron chi connectivity index (χ1n) is 11.7. The number of rotatable bonds is 4. The molecule has 6 nitrogen and oxygen atoms in total. The minimum atomic E-state index is -5.01. The summed E-state index contributed by atoms with van der Waals surface area (Å²) in [7, 11) is 0. The van der Waals surface area contributed by atoms with E-state index in [1.165, 1.54) is 17.0 Å². The molecule has 0 aliphatic carbocycles. The van der Waals surface area contributed by atoms with Crippen molar-refractivity contribution in [2.75, 3.05) is 13.1 Å². The number of amides is 2. The molecule has 1 aromatic heterocycles. The van der Waals surface area contributed by atoms with Crippen molar-refractivity contribution in [2.45, 2.75) is 37.5 Å². The van der Waals surface area contributed by atoms with Gasteiger partial charge < -0.3 is 5.32 Å². The first kappa shape index (κ1) is 27.2. The predicted molar refractivity (Wildman–Crippen MR) is 129 cm³/mol. The third-order valence-electron chi connectivity index (χ3n) is 6.56. The van der Waals surface area contributed by atoms with E-state index in [4.69, 9.17) is 0 Å². The Morgan fingerprint density at radius 2 is 1.82 bits per heavy atom. The normalized spacial score (nSPS) is 21.9. The maximum Gasteiger partial charge on any atom is 0.416 e. The molecule has 39 heavy (non-hydrogen) atoms. The average Bonchev–Trinajstić information content (AvgIpc) is 3.37. The van der Waals surface area contributed by atoms with Gasteiger partial charge in [-0.2, -0.15) is 31.4 Å². The largest absolute Gasteiger partial charge is 0.416 e. The van der Waals surface area contributed by atoms with E-state index in [0.717, 1.165) is 11.0 Å². The number of imide groups is 1. The number of thioether (sulfide) groups is 1. The van der Waals surface area contributed by atoms with Gasteiger partial charge in [-0.15, -0.1) is 0 Å². The quantitative estimate of drug-likeness (QED) is 0.314. The Labute approximate surface area is 220 Å². The van der Waals surface area contributed by atoms with Crippen LogP contribution in [0.25, 0.3) is 17.0 Å². The highest BCUT2D eigenvalue weighted by molar-refractivity contribution is 8.18. The third kappa shape index (κ3) is 5.39. The first-order chi connectivity index (χ1) is 18.3. The summed E-state index contributed by atoms with van der Waals surface area (Å²) in [5, 5.41) is 6.89. The second-order valence-electron chi connectivity index (χ2n) is 9.12. The molecule has 2 fully saturated rings. The summed E-state index contributed by atoms with van der Waals surface area (Å²) in [5.41, 5.74) is -2.29. The molecule has 2 atom stereocenters. The molecular formula is C25H19F7N4O2S. The number of aromatic nitrogens is 2. The van der Waals surface area contributed by atoms with E-state index in [9.17, 15) is 40.3 Å². The molecule has 0 bridgehead atoms. The van der Waals surface area contributed by atoms with E-state index in [1.54, 1.807) is 18.2 Å². The van der Waals surface area contributed by atoms with Crippen LogP contribution in [-0.4, -0.2) is 51.1 Å². The van der Waals surface area contributed by atoms with Gasteiger partial charge in [0.15, 0.2) is 0 Å². The molecule has 14 heteroatoms. The molecule has 2 aliphatic rings. The number of hydrogen-bond donors (Lipinski definition) is 1. The van der Waals surface area contributed by atoms with Gasteiger partial charge in [0, 0.05) is 11.9 Å². The lowest BCUT2D eigenvalue weighted by Gasteiger charge is -2.32. The highest BCUT2D eigenvalue weighted by Crippen LogP contribution is 2.38. The minimum Gasteiger partial charge on any atom is -0.314 e. The van der Waals surface area contributed by atoms with Gasteiger partial charge in [0.25, 0.3) is 11.1 Å². The molecule has 2 saturated heterocycles. The molecule has 5 rings (SSSR count). The SMILES string of the molecule is O=C1S/C(=C\c2ccc3c(cnn3Cc3ccc(C(F)(F)F)cc3C(F)(F)F)c2)C(=O)N1[C@H]1CCNC[C@@H]1F. The standard InChI is InChI=1S/C25H19F7N4O2S/c26-18-11-33-6-5-20(18)36-22(37)21(39-23(36)38)8-13-1-4-19-15(7-13)10-34-35(19)12-14-2-3-16(24(27,28)29)9-17(14)25(30,31)32/h1-4,7-10,18,20,33H,5-6,11-12H2/b21-8-/t18-,20-/m0/s1. The van der Waals surface area contributed by atoms with E-state index < -0.39 is 53.4 Å². The average molecular weight is 573 g/mol. The molecule has 3 aromatic rings. The molecule has 2 aromatic carbocycles. The van der Waals surface area contributed by atoms with Crippen LogP contribution in [0.4, 0.5) is 35.5 Å². The van der Waals surface area contributed by atoms with Crippen LogP contribution in [0.1, 0.15) is 28.7 Å². The lowest BCUT2D eigenvalue weighted by atomic mass is 10.0. The van der Waals surface area contributed by atoms with Gasteiger partial charge in [-0.05, 0) is 66.2 Å². The molecule has 3 heterocycles. The van der Waals surface area contributed by atoms with E-state index in [-0.39, 0.29) is 23.1 Å². The monoisotopic (exact) mass is 572 g/mol. The minimum absolute atomic E-state index is 0.0447. The van der Waals surface area contributed by atoms with Crippen molar-refractivity contribution in [1.29, 1.82) is 0 Å². The summed E-state index contributed by atoms with van der Waals surface area (Å²) in [6, 6.07) is 5.32. The number of nitrogens with one attached hydrogen (secondary N) is 1. The number of benzene rings is 2. The molecule has 206 valence electrons. The van der Waals surface area contributed by atoms with Gasteiger partial charge in [-0.1, -0.05) is 12.1 Å². The summed E-state index contributed by atoms with van der Waals surface area (Å²) in [5.74, 6) is -0.600. The number of alkyl halides is 7. The molecule has 2 aliphatic heterocycles. The molecule has 0 saturated carbocycles. The Morgan fingerprint density at radius 3 is 2.51 bits per heavy atom. The predicted octanol–water partition coefficient (Wildman–Crippen LogP) is 5.86. The van der Waals surface area contributed by atoms with E-state index >= 15 is 0 Å². The van der Waals surface area contributed by atoms with Crippen molar-refractivity contribution >= 4 is 39.9 Å². The van der Waals surface area contributed by atoms with Gasteiger partial charge in [-0.25, -0.2) is 4.39 Å². The number of piperidine rings is 1. The number of carbonyl (C=O) groups excluding carboxylic acids is 2. The summed E-state index contributed by atoms with van der Waals surface area (Å²) in [6.45, 7) is 0.0852. The Kier molecular flexibility index (Phi) is 6.95. The summed E-state index contributed by atoms with van der Waals surface area (Å²) >= 11 is 0.695. The van der Waals surface area contributed by atoms with Crippen molar-refractivity contribution in [3.05, 3.63) is 69.8 Å². The summed E-state index contributed by atoms with van der Waals surface area (Å²) < 4.78 is 95.2. The number of halogens is 7. The zero-order chi connectivity index (χ0) is 28.1. The fraction of sp³-hybridized carbons (Fsp3) is 0.320. The van der Waals surface area contributed by atoms with Crippen LogP contribution in [0.5, 0.6) is 0 Å². The Balaban J connectivity index is 1.40. The first-order valence-corrected chi connectivity index (χ1v) is 12.5. The zero-order valence-corrected chi connectivity index (χ0v) is 20.6. The van der Waals surface area contributed by atoms with Crippen molar-refractivity contribution in [2.24, 2.45) is 0 Å². The van der Waals surface area contributed by atoms with E-state index in [0.29, 0.717) is 47.3 Å². The lowest BCUT2D eigenvalue weighted by molar-refractivity contribution is -0.143. The molecule has 0 radical (unpaired) electrons. The van der Waals surface area contributed by atoms with Crippen LogP contribution in [-0.2, 0) is 23.7 Å². The van der Waals surface area contributed by atoms with Crippen LogP contribution in [0.3, 0.4) is 0 Å². The summed E-state index contributed by atoms with van der Waals surface area (Å²) in [4.78, 5) is 26.4. The highest BCUT2D eigenvalue weighted by Gasteiger charge is 2.44. The van der Waals surface area contributed by atoms with E-state index in [1.807, 2.05) is 0 Å². The lowest BCUT2D eigenvalue weighted by Crippen LogP contribution is -2.52. The van der Waals surface area contributed by atoms with Crippen molar-refractivity contribution in [3.8, 4) is 0 Å². The van der Waals surface area contributed by atoms with Crippen molar-refractivity contribution in [3.63, 3.8) is 0 Å². The van der Waals surface area contributed by atoms with Gasteiger partial charge in [0.1, 0.15) is 6.17 Å². The molecule has 2 amide bonds. The van der Waals surface area contributed by atoms with Crippen LogP contribution in [0.15, 0.2) is 47.5 Å². The number of fused-ring (bicyclic) bond motifs is 1. The maximum absolute atomic E-state index is 14.3. The third-order valence-corrected chi connectivity index (χ3v) is 7.44. The number of carbonyl (C=O) groups is 2. The molecule has 0 unspecified atom stereocenters. The maximum atomic E-state index is 14.3. The van der Waals surface area contributed by atoms with Crippen molar-refractivity contribution < 1.29 is 40.3 Å². The Morgan fingerprint density at radius 1 is 1.05 bits per heavy atom. The second kappa shape index (κ2) is 9.97. The van der Waals surface area contributed by atoms with Crippen molar-refractivity contribution in [1.82, 2.24) is 20.0 Å². The van der Waals surface area contributed by atoms with Crippen LogP contribution in [0.2, 0.25) is 0 Å².